The van der Waals surface area contributed by atoms with Gasteiger partial charge < -0.3 is 10.1 Å². The maximum Gasteiger partial charge on any atom is 0.573 e. The van der Waals surface area contributed by atoms with E-state index in [4.69, 9.17) is 11.6 Å². The summed E-state index contributed by atoms with van der Waals surface area (Å²) in [6.07, 6.45) is -5.77. The minimum absolute atomic E-state index is 0.0567. The van der Waals surface area contributed by atoms with Gasteiger partial charge in [0.25, 0.3) is 0 Å². The van der Waals surface area contributed by atoms with Crippen molar-refractivity contribution >= 4 is 46.7 Å². The molecule has 3 rings (SSSR count). The summed E-state index contributed by atoms with van der Waals surface area (Å²) in [5, 5.41) is 12.3. The zero-order chi connectivity index (χ0) is 24.2. The molecule has 0 radical (unpaired) electrons. The van der Waals surface area contributed by atoms with Crippen LogP contribution in [-0.2, 0) is 6.18 Å². The minimum atomic E-state index is -4.79. The molecule has 0 saturated heterocycles. The number of pyridine rings is 1. The average Bonchev–Trinajstić information content (AvgIpc) is 3.10. The molecule has 0 aliphatic heterocycles. The van der Waals surface area contributed by atoms with Crippen molar-refractivity contribution in [2.45, 2.75) is 22.6 Å². The zero-order valence-corrected chi connectivity index (χ0v) is 18.2. The maximum atomic E-state index is 12.8. The van der Waals surface area contributed by atoms with Gasteiger partial charge in [-0.2, -0.15) is 22.8 Å². The van der Waals surface area contributed by atoms with E-state index >= 15 is 0 Å². The van der Waals surface area contributed by atoms with Crippen LogP contribution in [0.2, 0.25) is 5.02 Å². The summed E-state index contributed by atoms with van der Waals surface area (Å²) >= 11 is 7.71. The smallest absolute Gasteiger partial charge is 0.406 e. The normalized spacial score (nSPS) is 12.1. The zero-order valence-electron chi connectivity index (χ0n) is 15.8. The number of benzene rings is 1. The number of hydrogen-bond acceptors (Lipinski definition) is 7. The summed E-state index contributed by atoms with van der Waals surface area (Å²) in [5.41, 5.74) is -0.378. The Balaban J connectivity index is 1.70. The van der Waals surface area contributed by atoms with Crippen molar-refractivity contribution in [1.82, 2.24) is 9.36 Å². The largest absolute Gasteiger partial charge is 0.573 e. The first-order valence-corrected chi connectivity index (χ1v) is 10.5. The number of halogens is 7. The molecule has 0 aliphatic carbocycles. The van der Waals surface area contributed by atoms with Gasteiger partial charge in [0.2, 0.25) is 0 Å². The number of nitrogens with zero attached hydrogens (tertiary/aromatic N) is 3. The molecule has 14 heteroatoms. The lowest BCUT2D eigenvalue weighted by Crippen LogP contribution is -2.16. The molecule has 0 saturated carbocycles. The third-order valence-electron chi connectivity index (χ3n) is 3.70. The monoisotopic (exact) mass is 522 g/mol. The van der Waals surface area contributed by atoms with Crippen molar-refractivity contribution < 1.29 is 31.1 Å². The number of alkyl halides is 6. The quantitative estimate of drug-likeness (QED) is 0.345. The fourth-order valence-corrected chi connectivity index (χ4v) is 4.23. The first-order chi connectivity index (χ1) is 15.5. The highest BCUT2D eigenvalue weighted by molar-refractivity contribution is 7.99. The van der Waals surface area contributed by atoms with Gasteiger partial charge in [0.1, 0.15) is 27.4 Å². The second kappa shape index (κ2) is 9.90. The van der Waals surface area contributed by atoms with Crippen LogP contribution in [0.25, 0.3) is 6.08 Å². The molecule has 1 aromatic carbocycles. The third-order valence-corrected chi connectivity index (χ3v) is 6.03. The molecule has 33 heavy (non-hydrogen) atoms. The Morgan fingerprint density at radius 2 is 1.82 bits per heavy atom. The summed E-state index contributed by atoms with van der Waals surface area (Å²) < 4.78 is 82.7. The number of nitriles is 1. The number of nitrogens with one attached hydrogen (secondary N) is 1. The van der Waals surface area contributed by atoms with Crippen molar-refractivity contribution in [3.63, 3.8) is 0 Å². The van der Waals surface area contributed by atoms with Crippen molar-refractivity contribution in [2.75, 3.05) is 5.32 Å². The van der Waals surface area contributed by atoms with Crippen LogP contribution in [0.1, 0.15) is 16.0 Å². The second-order valence-electron chi connectivity index (χ2n) is 6.00. The standard InChI is InChI=1S/C19H9ClF6N4OS2/c20-14-7-10(18(21,22)23)9-29-17(14)32-16-13(8-27)15(33-30-16)5-6-28-11-1-3-12(4-2-11)31-19(24,25)26/h1-7,9,28H/b6-5+. The van der Waals surface area contributed by atoms with Gasteiger partial charge in [-0.25, -0.2) is 4.98 Å². The summed E-state index contributed by atoms with van der Waals surface area (Å²) in [4.78, 5) is 4.15. The van der Waals surface area contributed by atoms with E-state index in [-0.39, 0.29) is 26.4 Å². The van der Waals surface area contributed by atoms with Crippen LogP contribution in [0.15, 0.2) is 52.8 Å². The number of anilines is 1. The number of hydrogen-bond donors (Lipinski definition) is 1. The van der Waals surface area contributed by atoms with Gasteiger partial charge in [0.05, 0.1) is 15.5 Å². The van der Waals surface area contributed by atoms with E-state index in [1.165, 1.54) is 24.4 Å². The van der Waals surface area contributed by atoms with Gasteiger partial charge in [-0.15, -0.1) is 13.2 Å². The van der Waals surface area contributed by atoms with Crippen molar-refractivity contribution in [2.24, 2.45) is 0 Å². The number of rotatable bonds is 6. The molecule has 0 amide bonds. The molecule has 0 atom stereocenters. The Morgan fingerprint density at radius 1 is 1.12 bits per heavy atom. The highest BCUT2D eigenvalue weighted by Gasteiger charge is 2.32. The maximum absolute atomic E-state index is 12.8. The first-order valence-electron chi connectivity index (χ1n) is 8.55. The first kappa shape index (κ1) is 24.7. The minimum Gasteiger partial charge on any atom is -0.406 e. The lowest BCUT2D eigenvalue weighted by Gasteiger charge is -2.09. The van der Waals surface area contributed by atoms with Crippen molar-refractivity contribution in [3.05, 3.63) is 63.8 Å². The SMILES string of the molecule is N#Cc1c(Sc2ncc(C(F)(F)F)cc2Cl)nsc1/C=C/Nc1ccc(OC(F)(F)F)cc1. The van der Waals surface area contributed by atoms with Crippen LogP contribution >= 0.6 is 34.9 Å². The van der Waals surface area contributed by atoms with E-state index in [1.807, 2.05) is 6.07 Å². The van der Waals surface area contributed by atoms with Gasteiger partial charge in [-0.05, 0) is 59.7 Å². The molecule has 0 aliphatic rings. The van der Waals surface area contributed by atoms with Gasteiger partial charge >= 0.3 is 12.5 Å². The predicted octanol–water partition coefficient (Wildman–Crippen LogP) is 7.21. The van der Waals surface area contributed by atoms with E-state index < -0.39 is 18.1 Å². The highest BCUT2D eigenvalue weighted by atomic mass is 35.5. The summed E-state index contributed by atoms with van der Waals surface area (Å²) in [6.45, 7) is 0. The Bertz CT molecular complexity index is 1200. The molecule has 3 aromatic rings. The van der Waals surface area contributed by atoms with Gasteiger partial charge in [0.15, 0.2) is 0 Å². The lowest BCUT2D eigenvalue weighted by molar-refractivity contribution is -0.274. The molecule has 1 N–H and O–H groups in total. The van der Waals surface area contributed by atoms with E-state index in [1.54, 1.807) is 0 Å². The molecule has 0 fully saturated rings. The average molecular weight is 523 g/mol. The van der Waals surface area contributed by atoms with E-state index in [2.05, 4.69) is 19.4 Å². The van der Waals surface area contributed by atoms with Crippen LogP contribution in [0, 0.1) is 11.3 Å². The molecule has 0 spiro atoms. The Labute approximate surface area is 195 Å². The fraction of sp³-hybridized carbons (Fsp3) is 0.105. The summed E-state index contributed by atoms with van der Waals surface area (Å²) in [7, 11) is 0. The van der Waals surface area contributed by atoms with Gasteiger partial charge in [-0.1, -0.05) is 11.6 Å². The Hall–Kier alpha value is -2.95. The molecule has 2 aromatic heterocycles. The van der Waals surface area contributed by atoms with Crippen LogP contribution in [0.3, 0.4) is 0 Å². The van der Waals surface area contributed by atoms with Crippen LogP contribution < -0.4 is 10.1 Å². The van der Waals surface area contributed by atoms with Gasteiger partial charge in [0, 0.05) is 18.1 Å². The second-order valence-corrected chi connectivity index (χ2v) is 8.19. The molecule has 2 heterocycles. The predicted molar refractivity (Wildman–Crippen MR) is 111 cm³/mol. The topological polar surface area (TPSA) is 70.8 Å². The van der Waals surface area contributed by atoms with E-state index in [0.29, 0.717) is 16.8 Å². The molecule has 0 unspecified atom stereocenters. The van der Waals surface area contributed by atoms with Crippen molar-refractivity contribution in [3.8, 4) is 11.8 Å². The lowest BCUT2D eigenvalue weighted by atomic mass is 10.3. The molecule has 172 valence electrons. The Kier molecular flexibility index (Phi) is 7.41. The van der Waals surface area contributed by atoms with Crippen LogP contribution in [0.4, 0.5) is 32.0 Å². The molecular weight excluding hydrogens is 514 g/mol. The number of aromatic nitrogens is 2. The Morgan fingerprint density at radius 3 is 2.39 bits per heavy atom. The number of ether oxygens (including phenoxy) is 1. The summed E-state index contributed by atoms with van der Waals surface area (Å²) in [5.74, 6) is -0.372. The van der Waals surface area contributed by atoms with Gasteiger partial charge in [-0.3, -0.25) is 0 Å². The fourth-order valence-electron chi connectivity index (χ4n) is 2.29. The molecule has 0 bridgehead atoms. The third kappa shape index (κ3) is 6.77. The highest BCUT2D eigenvalue weighted by Crippen LogP contribution is 2.38. The summed E-state index contributed by atoms with van der Waals surface area (Å²) in [6, 6.07) is 7.70. The van der Waals surface area contributed by atoms with Crippen LogP contribution in [0.5, 0.6) is 5.75 Å². The van der Waals surface area contributed by atoms with Crippen LogP contribution in [-0.4, -0.2) is 15.7 Å². The molecule has 5 nitrogen and oxygen atoms in total. The van der Waals surface area contributed by atoms with E-state index in [0.717, 1.165) is 41.5 Å². The van der Waals surface area contributed by atoms with Crippen molar-refractivity contribution in [1.29, 1.82) is 5.26 Å². The van der Waals surface area contributed by atoms with E-state index in [9.17, 15) is 31.6 Å². The molecular formula is C19H9ClF6N4OS2.